The first-order valence-corrected chi connectivity index (χ1v) is 7.02. The number of pyridine rings is 1. The van der Waals surface area contributed by atoms with Crippen LogP contribution in [0.3, 0.4) is 0 Å². The Kier molecular flexibility index (Phi) is 3.97. The number of halogens is 2. The monoisotopic (exact) mass is 370 g/mol. The maximum atomic E-state index is 5.81. The smallest absolute Gasteiger partial charge is 0.181 e. The summed E-state index contributed by atoms with van der Waals surface area (Å²) in [4.78, 5) is 13.0. The number of anilines is 1. The number of nitrogen functional groups attached to an aromatic ring is 1. The minimum absolute atomic E-state index is 0.295. The first-order chi connectivity index (χ1) is 8.47. The molecule has 0 fully saturated rings. The molecule has 0 aliphatic carbocycles. The van der Waals surface area contributed by atoms with Crippen LogP contribution in [0, 0.1) is 0 Å². The predicted octanol–water partition coefficient (Wildman–Crippen LogP) is 3.77. The van der Waals surface area contributed by atoms with Gasteiger partial charge in [-0.1, -0.05) is 13.8 Å². The highest BCUT2D eigenvalue weighted by Gasteiger charge is 2.12. The maximum absolute atomic E-state index is 5.81. The Morgan fingerprint density at radius 3 is 2.50 bits per heavy atom. The van der Waals surface area contributed by atoms with Crippen LogP contribution in [0.1, 0.15) is 25.5 Å². The highest BCUT2D eigenvalue weighted by atomic mass is 79.9. The van der Waals surface area contributed by atoms with Crippen molar-refractivity contribution < 1.29 is 0 Å². The molecule has 0 aromatic carbocycles. The molecule has 6 heteroatoms. The summed E-state index contributed by atoms with van der Waals surface area (Å²) in [6.07, 6.45) is 1.71. The lowest BCUT2D eigenvalue weighted by atomic mass is 10.1. The topological polar surface area (TPSA) is 64.7 Å². The van der Waals surface area contributed by atoms with E-state index in [9.17, 15) is 0 Å². The molecule has 2 aromatic heterocycles. The second kappa shape index (κ2) is 5.32. The molecule has 94 valence electrons. The molecule has 0 spiro atoms. The van der Waals surface area contributed by atoms with Gasteiger partial charge < -0.3 is 5.73 Å². The Bertz CT molecular complexity index is 584. The fraction of sp³-hybridized carbons (Fsp3) is 0.250. The Hall–Kier alpha value is -1.01. The molecule has 0 radical (unpaired) electrons. The summed E-state index contributed by atoms with van der Waals surface area (Å²) < 4.78 is 1.73. The third kappa shape index (κ3) is 2.87. The summed E-state index contributed by atoms with van der Waals surface area (Å²) in [5.41, 5.74) is 7.41. The molecule has 0 amide bonds. The molecule has 0 saturated heterocycles. The number of hydrogen-bond donors (Lipinski definition) is 1. The molecule has 0 saturated carbocycles. The van der Waals surface area contributed by atoms with Gasteiger partial charge in [0.2, 0.25) is 0 Å². The molecule has 0 aliphatic rings. The molecule has 0 aliphatic heterocycles. The van der Waals surface area contributed by atoms with Crippen molar-refractivity contribution in [2.75, 3.05) is 5.73 Å². The van der Waals surface area contributed by atoms with Crippen molar-refractivity contribution in [3.05, 3.63) is 33.0 Å². The van der Waals surface area contributed by atoms with Crippen LogP contribution >= 0.6 is 31.9 Å². The van der Waals surface area contributed by atoms with E-state index in [1.165, 1.54) is 0 Å². The molecule has 2 heterocycles. The van der Waals surface area contributed by atoms with Crippen molar-refractivity contribution >= 4 is 37.7 Å². The normalized spacial score (nSPS) is 10.9. The van der Waals surface area contributed by atoms with Crippen LogP contribution < -0.4 is 5.73 Å². The zero-order valence-electron chi connectivity index (χ0n) is 9.98. The van der Waals surface area contributed by atoms with E-state index < -0.39 is 0 Å². The molecular weight excluding hydrogens is 360 g/mol. The highest BCUT2D eigenvalue weighted by molar-refractivity contribution is 9.11. The lowest BCUT2D eigenvalue weighted by Gasteiger charge is -2.09. The Balaban J connectivity index is 2.56. The summed E-state index contributed by atoms with van der Waals surface area (Å²) in [7, 11) is 0. The van der Waals surface area contributed by atoms with E-state index in [1.807, 2.05) is 6.07 Å². The Morgan fingerprint density at radius 1 is 1.17 bits per heavy atom. The van der Waals surface area contributed by atoms with Gasteiger partial charge in [-0.15, -0.1) is 0 Å². The van der Waals surface area contributed by atoms with Crippen molar-refractivity contribution in [1.29, 1.82) is 0 Å². The van der Waals surface area contributed by atoms with Gasteiger partial charge >= 0.3 is 0 Å². The Morgan fingerprint density at radius 2 is 1.89 bits per heavy atom. The van der Waals surface area contributed by atoms with E-state index in [-0.39, 0.29) is 0 Å². The van der Waals surface area contributed by atoms with Crippen molar-refractivity contribution in [2.45, 2.75) is 19.8 Å². The van der Waals surface area contributed by atoms with Crippen molar-refractivity contribution in [3.63, 3.8) is 0 Å². The average molecular weight is 372 g/mol. The molecular formula is C12H12Br2N4. The first-order valence-electron chi connectivity index (χ1n) is 5.43. The molecule has 0 bridgehead atoms. The van der Waals surface area contributed by atoms with Crippen LogP contribution in [0.25, 0.3) is 11.5 Å². The number of hydrogen-bond acceptors (Lipinski definition) is 4. The number of nitrogens with zero attached hydrogens (tertiary/aromatic N) is 3. The van der Waals surface area contributed by atoms with E-state index in [0.717, 1.165) is 14.6 Å². The second-order valence-electron chi connectivity index (χ2n) is 4.18. The van der Waals surface area contributed by atoms with E-state index in [1.54, 1.807) is 12.3 Å². The largest absolute Gasteiger partial charge is 0.384 e. The van der Waals surface area contributed by atoms with Gasteiger partial charge in [0.25, 0.3) is 0 Å². The lowest BCUT2D eigenvalue weighted by Crippen LogP contribution is -2.03. The van der Waals surface area contributed by atoms with E-state index in [0.29, 0.717) is 23.3 Å². The molecule has 4 nitrogen and oxygen atoms in total. The van der Waals surface area contributed by atoms with Crippen LogP contribution in [0.15, 0.2) is 27.3 Å². The van der Waals surface area contributed by atoms with Crippen LogP contribution in [0.4, 0.5) is 5.82 Å². The molecule has 2 aromatic rings. The summed E-state index contributed by atoms with van der Waals surface area (Å²) in [6, 6.07) is 3.70. The second-order valence-corrected chi connectivity index (χ2v) is 5.95. The van der Waals surface area contributed by atoms with Crippen LogP contribution in [-0.4, -0.2) is 15.0 Å². The number of aromatic nitrogens is 3. The third-order valence-corrected chi connectivity index (χ3v) is 3.42. The minimum atomic E-state index is 0.295. The van der Waals surface area contributed by atoms with E-state index in [2.05, 4.69) is 60.7 Å². The predicted molar refractivity (Wildman–Crippen MR) is 79.2 cm³/mol. The lowest BCUT2D eigenvalue weighted by molar-refractivity contribution is 0.817. The highest BCUT2D eigenvalue weighted by Crippen LogP contribution is 2.27. The SMILES string of the molecule is CC(C)c1cc(N)nc(-c2ncc(Br)cc2Br)n1. The molecule has 2 rings (SSSR count). The van der Waals surface area contributed by atoms with Gasteiger partial charge in [0.1, 0.15) is 11.5 Å². The summed E-state index contributed by atoms with van der Waals surface area (Å²) in [5.74, 6) is 1.29. The summed E-state index contributed by atoms with van der Waals surface area (Å²) in [6.45, 7) is 4.13. The van der Waals surface area contributed by atoms with E-state index >= 15 is 0 Å². The van der Waals surface area contributed by atoms with Gasteiger partial charge in [0.15, 0.2) is 5.82 Å². The van der Waals surface area contributed by atoms with Gasteiger partial charge in [0.05, 0.1) is 0 Å². The van der Waals surface area contributed by atoms with Gasteiger partial charge in [-0.25, -0.2) is 9.97 Å². The van der Waals surface area contributed by atoms with Gasteiger partial charge in [-0.2, -0.15) is 0 Å². The number of rotatable bonds is 2. The molecule has 2 N–H and O–H groups in total. The molecule has 0 unspecified atom stereocenters. The van der Waals surface area contributed by atoms with Crippen molar-refractivity contribution in [1.82, 2.24) is 15.0 Å². The third-order valence-electron chi connectivity index (χ3n) is 2.38. The van der Waals surface area contributed by atoms with Gasteiger partial charge in [-0.3, -0.25) is 4.98 Å². The summed E-state index contributed by atoms with van der Waals surface area (Å²) >= 11 is 6.82. The fourth-order valence-corrected chi connectivity index (χ4v) is 2.63. The van der Waals surface area contributed by atoms with Crippen LogP contribution in [0.5, 0.6) is 0 Å². The quantitative estimate of drug-likeness (QED) is 0.872. The first kappa shape index (κ1) is 13.4. The fourth-order valence-electron chi connectivity index (χ4n) is 1.47. The summed E-state index contributed by atoms with van der Waals surface area (Å²) in [5, 5.41) is 0. The average Bonchev–Trinajstić information content (AvgIpc) is 2.27. The van der Waals surface area contributed by atoms with Gasteiger partial charge in [0, 0.05) is 26.9 Å². The standard InChI is InChI=1S/C12H12Br2N4/c1-6(2)9-4-10(15)18-12(17-9)11-8(14)3-7(13)5-16-11/h3-6H,1-2H3,(H2,15,17,18). The zero-order chi connectivity index (χ0) is 13.3. The zero-order valence-corrected chi connectivity index (χ0v) is 13.2. The van der Waals surface area contributed by atoms with E-state index in [4.69, 9.17) is 5.73 Å². The maximum Gasteiger partial charge on any atom is 0.181 e. The van der Waals surface area contributed by atoms with Gasteiger partial charge in [-0.05, 0) is 43.8 Å². The Labute approximate surface area is 122 Å². The molecule has 18 heavy (non-hydrogen) atoms. The number of nitrogens with two attached hydrogens (primary N) is 1. The molecule has 0 atom stereocenters. The van der Waals surface area contributed by atoms with Crippen molar-refractivity contribution in [2.24, 2.45) is 0 Å². The minimum Gasteiger partial charge on any atom is -0.384 e. The van der Waals surface area contributed by atoms with Crippen LogP contribution in [0.2, 0.25) is 0 Å². The van der Waals surface area contributed by atoms with Crippen LogP contribution in [-0.2, 0) is 0 Å². The van der Waals surface area contributed by atoms with Crippen molar-refractivity contribution in [3.8, 4) is 11.5 Å².